The van der Waals surface area contributed by atoms with Gasteiger partial charge in [0.15, 0.2) is 0 Å². The molecule has 1 aliphatic heterocycles. The predicted octanol–water partition coefficient (Wildman–Crippen LogP) is 4.58. The second-order valence-corrected chi connectivity index (χ2v) is 9.48. The lowest BCUT2D eigenvalue weighted by Crippen LogP contribution is -2.45. The van der Waals surface area contributed by atoms with Crippen LogP contribution in [-0.4, -0.2) is 59.4 Å². The fourth-order valence-electron chi connectivity index (χ4n) is 4.60. The molecule has 3 aromatic rings. The molecule has 0 spiro atoms. The van der Waals surface area contributed by atoms with Crippen LogP contribution >= 0.6 is 0 Å². The van der Waals surface area contributed by atoms with Gasteiger partial charge in [0.25, 0.3) is 0 Å². The van der Waals surface area contributed by atoms with E-state index in [1.165, 1.54) is 23.3 Å². The number of rotatable bonds is 9. The molecule has 0 amide bonds. The molecule has 1 fully saturated rings. The Labute approximate surface area is 196 Å². The molecule has 7 heteroatoms. The van der Waals surface area contributed by atoms with Crippen molar-refractivity contribution in [1.29, 1.82) is 0 Å². The third-order valence-corrected chi connectivity index (χ3v) is 6.24. The van der Waals surface area contributed by atoms with E-state index < -0.39 is 0 Å². The van der Waals surface area contributed by atoms with Crippen molar-refractivity contribution in [2.45, 2.75) is 40.3 Å². The molecule has 0 atom stereocenters. The van der Waals surface area contributed by atoms with E-state index in [0.29, 0.717) is 5.92 Å². The summed E-state index contributed by atoms with van der Waals surface area (Å²) in [4.78, 5) is 7.30. The van der Waals surface area contributed by atoms with Gasteiger partial charge in [-0.05, 0) is 49.7 Å². The van der Waals surface area contributed by atoms with Gasteiger partial charge in [-0.3, -0.25) is 4.90 Å². The van der Waals surface area contributed by atoms with Crippen molar-refractivity contribution >= 4 is 5.82 Å². The molecule has 4 rings (SSSR count). The summed E-state index contributed by atoms with van der Waals surface area (Å²) >= 11 is 0. The summed E-state index contributed by atoms with van der Waals surface area (Å²) < 4.78 is 21.0. The summed E-state index contributed by atoms with van der Waals surface area (Å²) in [5.41, 5.74) is 4.46. The van der Waals surface area contributed by atoms with E-state index in [1.807, 2.05) is 29.1 Å². The fraction of sp³-hybridized carbons (Fsp3) is 0.500. The summed E-state index contributed by atoms with van der Waals surface area (Å²) in [6, 6.07) is 8.71. The summed E-state index contributed by atoms with van der Waals surface area (Å²) in [6.45, 7) is 13.2. The maximum absolute atomic E-state index is 13.7. The molecule has 6 nitrogen and oxygen atoms in total. The molecule has 1 aromatic carbocycles. The minimum absolute atomic E-state index is 0.230. The first-order valence-electron chi connectivity index (χ1n) is 12.0. The Hall–Kier alpha value is -2.64. The lowest BCUT2D eigenvalue weighted by molar-refractivity contribution is 0.226. The maximum atomic E-state index is 13.7. The summed E-state index contributed by atoms with van der Waals surface area (Å²) in [5.74, 6) is 1.46. The van der Waals surface area contributed by atoms with Crippen molar-refractivity contribution in [3.63, 3.8) is 0 Å². The van der Waals surface area contributed by atoms with E-state index in [2.05, 4.69) is 42.5 Å². The summed E-state index contributed by atoms with van der Waals surface area (Å²) in [7, 11) is 2.17. The van der Waals surface area contributed by atoms with Crippen LogP contribution in [0.2, 0.25) is 0 Å². The average Bonchev–Trinajstić information content (AvgIpc) is 3.42. The van der Waals surface area contributed by atoms with Gasteiger partial charge < -0.3 is 14.2 Å². The van der Waals surface area contributed by atoms with Crippen molar-refractivity contribution in [3.8, 4) is 5.69 Å². The van der Waals surface area contributed by atoms with Gasteiger partial charge in [-0.15, -0.1) is 0 Å². The Morgan fingerprint density at radius 3 is 2.39 bits per heavy atom. The molecular formula is C26H36FN5O. The molecule has 0 saturated carbocycles. The molecule has 0 bridgehead atoms. The minimum Gasteiger partial charge on any atom is -0.472 e. The zero-order valence-corrected chi connectivity index (χ0v) is 20.3. The molecule has 3 heterocycles. The molecule has 0 N–H and O–H groups in total. The van der Waals surface area contributed by atoms with Crippen LogP contribution in [0.25, 0.3) is 5.69 Å². The molecule has 0 aliphatic carbocycles. The zero-order chi connectivity index (χ0) is 23.4. The fourth-order valence-corrected chi connectivity index (χ4v) is 4.60. The second kappa shape index (κ2) is 10.5. The molecule has 2 aromatic heterocycles. The largest absolute Gasteiger partial charge is 0.472 e. The van der Waals surface area contributed by atoms with Gasteiger partial charge in [-0.25, -0.2) is 9.07 Å². The zero-order valence-electron chi connectivity index (χ0n) is 20.3. The number of furan rings is 1. The van der Waals surface area contributed by atoms with Gasteiger partial charge in [0.2, 0.25) is 0 Å². The highest BCUT2D eigenvalue weighted by molar-refractivity contribution is 5.56. The molecular weight excluding hydrogens is 417 g/mol. The number of hydrogen-bond donors (Lipinski definition) is 0. The highest BCUT2D eigenvalue weighted by atomic mass is 19.1. The lowest BCUT2D eigenvalue weighted by atomic mass is 10.1. The molecule has 178 valence electrons. The Morgan fingerprint density at radius 2 is 1.79 bits per heavy atom. The van der Waals surface area contributed by atoms with Crippen LogP contribution in [0, 0.1) is 11.7 Å². The first-order chi connectivity index (χ1) is 15.9. The van der Waals surface area contributed by atoms with E-state index in [0.717, 1.165) is 69.4 Å². The Balaban J connectivity index is 1.75. The van der Waals surface area contributed by atoms with Crippen molar-refractivity contribution < 1.29 is 8.81 Å². The Bertz CT molecular complexity index is 1000. The van der Waals surface area contributed by atoms with Crippen LogP contribution < -0.4 is 4.90 Å². The first kappa shape index (κ1) is 23.5. The van der Waals surface area contributed by atoms with Crippen molar-refractivity contribution in [2.24, 2.45) is 5.92 Å². The normalized spacial score (nSPS) is 15.2. The van der Waals surface area contributed by atoms with Crippen molar-refractivity contribution in [1.82, 2.24) is 19.6 Å². The van der Waals surface area contributed by atoms with Crippen LogP contribution in [0.1, 0.15) is 37.6 Å². The molecule has 0 unspecified atom stereocenters. The van der Waals surface area contributed by atoms with Gasteiger partial charge in [0.05, 0.1) is 23.9 Å². The van der Waals surface area contributed by atoms with Gasteiger partial charge in [0.1, 0.15) is 11.6 Å². The van der Waals surface area contributed by atoms with E-state index in [-0.39, 0.29) is 5.82 Å². The van der Waals surface area contributed by atoms with Gasteiger partial charge in [-0.2, -0.15) is 5.10 Å². The molecule has 0 radical (unpaired) electrons. The standard InChI is InChI=1S/C26H36FN5O/c1-5-25-24(18-30(16-20(2)3)17-21-10-15-33-19-21)26(31-13-11-29(4)12-14-31)32(28-25)23-8-6-22(27)7-9-23/h6-10,15,19-20H,5,11-14,16-18H2,1-4H3. The minimum atomic E-state index is -0.230. The quantitative estimate of drug-likeness (QED) is 0.474. The second-order valence-electron chi connectivity index (χ2n) is 9.48. The van der Waals surface area contributed by atoms with Gasteiger partial charge in [-0.1, -0.05) is 20.8 Å². The first-order valence-corrected chi connectivity index (χ1v) is 12.0. The number of nitrogens with zero attached hydrogens (tertiary/aromatic N) is 5. The maximum Gasteiger partial charge on any atom is 0.137 e. The Kier molecular flexibility index (Phi) is 7.50. The van der Waals surface area contributed by atoms with E-state index in [9.17, 15) is 4.39 Å². The van der Waals surface area contributed by atoms with Crippen LogP contribution in [0.15, 0.2) is 47.3 Å². The van der Waals surface area contributed by atoms with Crippen LogP contribution in [0.3, 0.4) is 0 Å². The molecule has 1 aliphatic rings. The smallest absolute Gasteiger partial charge is 0.137 e. The highest BCUT2D eigenvalue weighted by Gasteiger charge is 2.27. The monoisotopic (exact) mass is 453 g/mol. The summed E-state index contributed by atoms with van der Waals surface area (Å²) in [6.07, 6.45) is 4.42. The van der Waals surface area contributed by atoms with Crippen molar-refractivity contribution in [2.75, 3.05) is 44.7 Å². The molecule has 1 saturated heterocycles. The van der Waals surface area contributed by atoms with Crippen LogP contribution in [-0.2, 0) is 19.5 Å². The highest BCUT2D eigenvalue weighted by Crippen LogP contribution is 2.31. The van der Waals surface area contributed by atoms with E-state index in [4.69, 9.17) is 9.52 Å². The number of aryl methyl sites for hydroxylation is 1. The predicted molar refractivity (Wildman–Crippen MR) is 130 cm³/mol. The van der Waals surface area contributed by atoms with Crippen LogP contribution in [0.5, 0.6) is 0 Å². The van der Waals surface area contributed by atoms with Gasteiger partial charge >= 0.3 is 0 Å². The summed E-state index contributed by atoms with van der Waals surface area (Å²) in [5, 5.41) is 5.05. The number of likely N-dealkylation sites (N-methyl/N-ethyl adjacent to an activating group) is 1. The lowest BCUT2D eigenvalue weighted by Gasteiger charge is -2.35. The SMILES string of the molecule is CCc1nn(-c2ccc(F)cc2)c(N2CCN(C)CC2)c1CN(Cc1ccoc1)CC(C)C. The number of piperazine rings is 1. The number of hydrogen-bond acceptors (Lipinski definition) is 5. The van der Waals surface area contributed by atoms with Crippen LogP contribution in [0.4, 0.5) is 10.2 Å². The topological polar surface area (TPSA) is 40.7 Å². The molecule has 33 heavy (non-hydrogen) atoms. The van der Waals surface area contributed by atoms with E-state index in [1.54, 1.807) is 6.26 Å². The number of aromatic nitrogens is 2. The number of anilines is 1. The third kappa shape index (κ3) is 5.65. The van der Waals surface area contributed by atoms with E-state index >= 15 is 0 Å². The Morgan fingerprint density at radius 1 is 1.06 bits per heavy atom. The average molecular weight is 454 g/mol. The third-order valence-electron chi connectivity index (χ3n) is 6.24. The van der Waals surface area contributed by atoms with Gasteiger partial charge in [0, 0.05) is 56.9 Å². The van der Waals surface area contributed by atoms with Crippen molar-refractivity contribution in [3.05, 3.63) is 65.5 Å². The number of benzene rings is 1. The number of halogens is 1.